The summed E-state index contributed by atoms with van der Waals surface area (Å²) in [6.45, 7) is 5.06. The molecule has 1 amide bonds. The maximum absolute atomic E-state index is 12.1. The highest BCUT2D eigenvalue weighted by Crippen LogP contribution is 2.11. The number of quaternary nitrogens is 1. The van der Waals surface area contributed by atoms with E-state index < -0.39 is 0 Å². The van der Waals surface area contributed by atoms with Gasteiger partial charge in [-0.2, -0.15) is 0 Å². The number of aliphatic hydroxyl groups is 1. The molecule has 1 rings (SSSR count). The Kier molecular flexibility index (Phi) is 21.0. The van der Waals surface area contributed by atoms with Crippen molar-refractivity contribution in [1.82, 2.24) is 5.32 Å². The van der Waals surface area contributed by atoms with E-state index in [-0.39, 0.29) is 24.4 Å². The van der Waals surface area contributed by atoms with Crippen LogP contribution in [0.15, 0.2) is 42.5 Å². The van der Waals surface area contributed by atoms with Crippen molar-refractivity contribution < 1.29 is 26.8 Å². The number of hydrogen-bond acceptors (Lipinski definition) is 2. The third-order valence-corrected chi connectivity index (χ3v) is 6.46. The largest absolute Gasteiger partial charge is 1.00 e. The second kappa shape index (κ2) is 21.9. The Morgan fingerprint density at radius 2 is 1.63 bits per heavy atom. The van der Waals surface area contributed by atoms with Gasteiger partial charge in [-0.05, 0) is 32.1 Å². The molecule has 0 aromatic heterocycles. The summed E-state index contributed by atoms with van der Waals surface area (Å²) in [5.41, 5.74) is 1.36. The number of halogens is 1. The van der Waals surface area contributed by atoms with E-state index in [9.17, 15) is 9.90 Å². The molecule has 0 bridgehead atoms. The Morgan fingerprint density at radius 3 is 2.37 bits per heavy atom. The van der Waals surface area contributed by atoms with E-state index in [1.807, 2.05) is 0 Å². The molecule has 0 aliphatic carbocycles. The molecule has 0 unspecified atom stereocenters. The number of benzene rings is 1. The summed E-state index contributed by atoms with van der Waals surface area (Å²) in [5, 5.41) is 13.1. The van der Waals surface area contributed by atoms with Crippen molar-refractivity contribution >= 4 is 5.91 Å². The Balaban J connectivity index is 0.0000116. The SMILES string of the molecule is CCCCCC[C@@H](O)C/C=C\CCCCCCCC(=O)NCCC[N+](C)(C)Cc1ccccc1.[Cl-]. The van der Waals surface area contributed by atoms with E-state index in [2.05, 4.69) is 68.8 Å². The summed E-state index contributed by atoms with van der Waals surface area (Å²) in [6, 6.07) is 10.6. The first-order valence-electron chi connectivity index (χ1n) is 13.9. The van der Waals surface area contributed by atoms with E-state index in [0.717, 1.165) is 69.1 Å². The minimum Gasteiger partial charge on any atom is -1.00 e. The zero-order valence-corrected chi connectivity index (χ0v) is 23.6. The van der Waals surface area contributed by atoms with Crippen molar-refractivity contribution in [3.63, 3.8) is 0 Å². The molecular weight excluding hydrogens is 456 g/mol. The van der Waals surface area contributed by atoms with Crippen molar-refractivity contribution in [2.45, 2.75) is 109 Å². The van der Waals surface area contributed by atoms with Crippen molar-refractivity contribution in [2.24, 2.45) is 0 Å². The Morgan fingerprint density at radius 1 is 0.943 bits per heavy atom. The smallest absolute Gasteiger partial charge is 0.219 e. The molecule has 0 aliphatic heterocycles. The fourth-order valence-electron chi connectivity index (χ4n) is 4.35. The summed E-state index contributed by atoms with van der Waals surface area (Å²) >= 11 is 0. The molecule has 4 nitrogen and oxygen atoms in total. The van der Waals surface area contributed by atoms with Gasteiger partial charge >= 0.3 is 0 Å². The molecule has 0 heterocycles. The van der Waals surface area contributed by atoms with E-state index in [1.165, 1.54) is 44.1 Å². The molecular formula is C30H53ClN2O2. The number of nitrogens with one attached hydrogen (secondary N) is 1. The summed E-state index contributed by atoms with van der Waals surface area (Å²) in [5.74, 6) is 0.199. The molecule has 1 aromatic carbocycles. The highest BCUT2D eigenvalue weighted by molar-refractivity contribution is 5.75. The average Bonchev–Trinajstić information content (AvgIpc) is 2.81. The van der Waals surface area contributed by atoms with Gasteiger partial charge in [-0.1, -0.05) is 94.4 Å². The van der Waals surface area contributed by atoms with Crippen LogP contribution >= 0.6 is 0 Å². The number of allylic oxidation sites excluding steroid dienone is 1. The topological polar surface area (TPSA) is 49.3 Å². The lowest BCUT2D eigenvalue weighted by molar-refractivity contribution is -0.903. The molecule has 0 aliphatic rings. The number of carbonyl (C=O) groups is 1. The monoisotopic (exact) mass is 508 g/mol. The Hall–Kier alpha value is -1.36. The number of unbranched alkanes of at least 4 members (excludes halogenated alkanes) is 8. The average molecular weight is 509 g/mol. The molecule has 0 radical (unpaired) electrons. The highest BCUT2D eigenvalue weighted by atomic mass is 35.5. The zero-order chi connectivity index (χ0) is 24.9. The van der Waals surface area contributed by atoms with Crippen LogP contribution in [0.1, 0.15) is 102 Å². The maximum atomic E-state index is 12.1. The van der Waals surface area contributed by atoms with Crippen molar-refractivity contribution in [1.29, 1.82) is 0 Å². The number of hydrogen-bond donors (Lipinski definition) is 2. The van der Waals surface area contributed by atoms with Gasteiger partial charge < -0.3 is 27.3 Å². The van der Waals surface area contributed by atoms with Crippen LogP contribution in [-0.4, -0.2) is 48.8 Å². The molecule has 1 atom stereocenters. The summed E-state index contributed by atoms with van der Waals surface area (Å²) in [4.78, 5) is 12.1. The van der Waals surface area contributed by atoms with Gasteiger partial charge in [-0.3, -0.25) is 4.79 Å². The first-order valence-corrected chi connectivity index (χ1v) is 13.9. The van der Waals surface area contributed by atoms with Crippen LogP contribution in [0.2, 0.25) is 0 Å². The van der Waals surface area contributed by atoms with Crippen LogP contribution in [0, 0.1) is 0 Å². The highest BCUT2D eigenvalue weighted by Gasteiger charge is 2.15. The standard InChI is InChI=1S/C30H52N2O2.ClH/c1-4-5-6-16-22-29(33)23-17-11-9-7-8-10-12-18-24-30(34)31-25-19-26-32(2,3)27-28-20-14-13-15-21-28;/h11,13-15,17,20-21,29,33H,4-10,12,16,18-19,22-27H2,1-3H3;1H/b17-11-;/t29-;/m1./s1. The Labute approximate surface area is 222 Å². The van der Waals surface area contributed by atoms with E-state index in [0.29, 0.717) is 6.42 Å². The van der Waals surface area contributed by atoms with Crippen LogP contribution in [0.25, 0.3) is 0 Å². The minimum atomic E-state index is -0.168. The van der Waals surface area contributed by atoms with Gasteiger partial charge in [0.1, 0.15) is 6.54 Å². The third-order valence-electron chi connectivity index (χ3n) is 6.46. The maximum Gasteiger partial charge on any atom is 0.219 e. The molecule has 202 valence electrons. The first kappa shape index (κ1) is 33.6. The third kappa shape index (κ3) is 20.5. The van der Waals surface area contributed by atoms with E-state index >= 15 is 0 Å². The lowest BCUT2D eigenvalue weighted by Crippen LogP contribution is -3.00. The van der Waals surface area contributed by atoms with Gasteiger partial charge in [0.25, 0.3) is 0 Å². The first-order chi connectivity index (χ1) is 16.4. The van der Waals surface area contributed by atoms with Gasteiger partial charge in [0.2, 0.25) is 5.91 Å². The molecule has 0 spiro atoms. The summed E-state index contributed by atoms with van der Waals surface area (Å²) in [7, 11) is 4.51. The molecule has 0 saturated heterocycles. The van der Waals surface area contributed by atoms with Crippen LogP contribution in [0.4, 0.5) is 0 Å². The fourth-order valence-corrected chi connectivity index (χ4v) is 4.35. The molecule has 1 aromatic rings. The van der Waals surface area contributed by atoms with Crippen molar-refractivity contribution in [2.75, 3.05) is 27.2 Å². The zero-order valence-electron chi connectivity index (χ0n) is 22.8. The van der Waals surface area contributed by atoms with Gasteiger partial charge in [-0.15, -0.1) is 0 Å². The number of aliphatic hydroxyl groups excluding tert-OH is 1. The predicted octanol–water partition coefficient (Wildman–Crippen LogP) is 3.78. The van der Waals surface area contributed by atoms with Crippen molar-refractivity contribution in [3.05, 3.63) is 48.0 Å². The normalized spacial score (nSPS) is 12.5. The number of carbonyl (C=O) groups excluding carboxylic acids is 1. The number of amides is 1. The summed E-state index contributed by atoms with van der Waals surface area (Å²) < 4.78 is 0.939. The van der Waals surface area contributed by atoms with Gasteiger partial charge in [0.05, 0.1) is 26.7 Å². The molecule has 35 heavy (non-hydrogen) atoms. The molecule has 0 saturated carbocycles. The predicted molar refractivity (Wildman–Crippen MR) is 146 cm³/mol. The fraction of sp³-hybridized carbons (Fsp3) is 0.700. The van der Waals surface area contributed by atoms with Crippen LogP contribution in [0.3, 0.4) is 0 Å². The van der Waals surface area contributed by atoms with Gasteiger partial charge in [0.15, 0.2) is 0 Å². The number of nitrogens with zero attached hydrogens (tertiary/aromatic N) is 1. The quantitative estimate of drug-likeness (QED) is 0.151. The Bertz CT molecular complexity index is 649. The van der Waals surface area contributed by atoms with Gasteiger partial charge in [-0.25, -0.2) is 0 Å². The second-order valence-corrected chi connectivity index (χ2v) is 10.5. The minimum absolute atomic E-state index is 0. The summed E-state index contributed by atoms with van der Waals surface area (Å²) in [6.07, 6.45) is 19.4. The molecule has 0 fully saturated rings. The lowest BCUT2D eigenvalue weighted by Gasteiger charge is -2.30. The van der Waals surface area contributed by atoms with Crippen LogP contribution in [0.5, 0.6) is 0 Å². The molecule has 2 N–H and O–H groups in total. The van der Waals surface area contributed by atoms with Crippen LogP contribution < -0.4 is 17.7 Å². The van der Waals surface area contributed by atoms with Crippen molar-refractivity contribution in [3.8, 4) is 0 Å². The number of rotatable bonds is 21. The van der Waals surface area contributed by atoms with Gasteiger partial charge in [0, 0.05) is 24.9 Å². The molecule has 5 heteroatoms. The van der Waals surface area contributed by atoms with Crippen LogP contribution in [-0.2, 0) is 11.3 Å². The second-order valence-electron chi connectivity index (χ2n) is 10.5. The van der Waals surface area contributed by atoms with E-state index in [4.69, 9.17) is 0 Å². The van der Waals surface area contributed by atoms with E-state index in [1.54, 1.807) is 0 Å². The lowest BCUT2D eigenvalue weighted by atomic mass is 10.1.